The number of benzene rings is 2. The molecule has 0 bridgehead atoms. The standard InChI is InChI=1S/C15H12Cl2N2O2/c16-8-5-6-12-10(7-8)13(19-15(21)14(20)18-12)9-3-1-2-4-11(9)17/h1-7,14-15,18,20-21H. The molecule has 0 aromatic heterocycles. The van der Waals surface area contributed by atoms with Crippen LogP contribution in [0.4, 0.5) is 5.69 Å². The van der Waals surface area contributed by atoms with E-state index in [9.17, 15) is 10.2 Å². The summed E-state index contributed by atoms with van der Waals surface area (Å²) in [5, 5.41) is 23.7. The topological polar surface area (TPSA) is 64.9 Å². The normalized spacial score (nSPS) is 21.0. The average molecular weight is 323 g/mol. The first-order valence-corrected chi connectivity index (χ1v) is 7.07. The van der Waals surface area contributed by atoms with Gasteiger partial charge in [-0.15, -0.1) is 0 Å². The highest BCUT2D eigenvalue weighted by Gasteiger charge is 2.25. The zero-order valence-corrected chi connectivity index (χ0v) is 12.3. The van der Waals surface area contributed by atoms with Crippen molar-refractivity contribution in [2.75, 3.05) is 5.32 Å². The molecule has 0 fully saturated rings. The van der Waals surface area contributed by atoms with Crippen molar-refractivity contribution in [1.82, 2.24) is 0 Å². The number of rotatable bonds is 1. The predicted molar refractivity (Wildman–Crippen MR) is 84.2 cm³/mol. The van der Waals surface area contributed by atoms with Crippen molar-refractivity contribution in [3.8, 4) is 0 Å². The van der Waals surface area contributed by atoms with Crippen LogP contribution in [0.5, 0.6) is 0 Å². The van der Waals surface area contributed by atoms with Crippen molar-refractivity contribution in [3.05, 3.63) is 63.6 Å². The second-order valence-electron chi connectivity index (χ2n) is 4.65. The molecule has 2 unspecified atom stereocenters. The van der Waals surface area contributed by atoms with E-state index in [-0.39, 0.29) is 0 Å². The molecule has 0 spiro atoms. The molecule has 3 rings (SSSR count). The molecule has 2 aromatic carbocycles. The number of hydrogen-bond donors (Lipinski definition) is 3. The molecular formula is C15H12Cl2N2O2. The molecule has 0 saturated carbocycles. The highest BCUT2D eigenvalue weighted by Crippen LogP contribution is 2.30. The fourth-order valence-electron chi connectivity index (χ4n) is 2.21. The lowest BCUT2D eigenvalue weighted by molar-refractivity contribution is 0.0441. The number of halogens is 2. The van der Waals surface area contributed by atoms with Crippen molar-refractivity contribution in [2.24, 2.45) is 4.99 Å². The molecule has 6 heteroatoms. The van der Waals surface area contributed by atoms with Gasteiger partial charge in [-0.1, -0.05) is 41.4 Å². The number of aliphatic imine (C=N–C) groups is 1. The number of aliphatic hydroxyl groups excluding tert-OH is 2. The quantitative estimate of drug-likeness (QED) is 0.756. The minimum Gasteiger partial charge on any atom is -0.369 e. The van der Waals surface area contributed by atoms with Crippen LogP contribution in [-0.4, -0.2) is 28.4 Å². The number of anilines is 1. The molecule has 0 amide bonds. The van der Waals surface area contributed by atoms with E-state index in [0.29, 0.717) is 32.6 Å². The van der Waals surface area contributed by atoms with Gasteiger partial charge in [-0.25, -0.2) is 4.99 Å². The summed E-state index contributed by atoms with van der Waals surface area (Å²) >= 11 is 12.3. The van der Waals surface area contributed by atoms with Crippen molar-refractivity contribution >= 4 is 34.6 Å². The molecule has 108 valence electrons. The van der Waals surface area contributed by atoms with E-state index in [1.807, 2.05) is 12.1 Å². The second-order valence-corrected chi connectivity index (χ2v) is 5.49. The molecule has 0 radical (unpaired) electrons. The molecule has 1 aliphatic heterocycles. The van der Waals surface area contributed by atoms with E-state index in [1.54, 1.807) is 30.3 Å². The second kappa shape index (κ2) is 5.66. The lowest BCUT2D eigenvalue weighted by Crippen LogP contribution is -2.30. The number of nitrogens with zero attached hydrogens (tertiary/aromatic N) is 1. The summed E-state index contributed by atoms with van der Waals surface area (Å²) in [6, 6.07) is 12.3. The van der Waals surface area contributed by atoms with E-state index < -0.39 is 12.5 Å². The van der Waals surface area contributed by atoms with Gasteiger partial charge in [-0.2, -0.15) is 0 Å². The summed E-state index contributed by atoms with van der Waals surface area (Å²) in [4.78, 5) is 4.19. The Hall–Kier alpha value is -1.59. The molecular weight excluding hydrogens is 311 g/mol. The van der Waals surface area contributed by atoms with Gasteiger partial charge in [0.2, 0.25) is 0 Å². The first-order valence-electron chi connectivity index (χ1n) is 6.31. The van der Waals surface area contributed by atoms with Crippen LogP contribution in [0.1, 0.15) is 11.1 Å². The Morgan fingerprint density at radius 1 is 1.00 bits per heavy atom. The number of benzodiazepines with no additional fused rings is 1. The van der Waals surface area contributed by atoms with Gasteiger partial charge in [0.1, 0.15) is 0 Å². The minimum atomic E-state index is -1.30. The number of aliphatic hydroxyl groups is 2. The Labute approximate surface area is 131 Å². The van der Waals surface area contributed by atoms with Gasteiger partial charge in [-0.3, -0.25) is 0 Å². The lowest BCUT2D eigenvalue weighted by Gasteiger charge is -2.14. The highest BCUT2D eigenvalue weighted by atomic mass is 35.5. The lowest BCUT2D eigenvalue weighted by atomic mass is 10.0. The summed E-state index contributed by atoms with van der Waals surface area (Å²) < 4.78 is 0. The molecule has 1 heterocycles. The molecule has 0 saturated heterocycles. The number of hydrogen-bond acceptors (Lipinski definition) is 4. The predicted octanol–water partition coefficient (Wildman–Crippen LogP) is 2.89. The van der Waals surface area contributed by atoms with E-state index in [2.05, 4.69) is 10.3 Å². The van der Waals surface area contributed by atoms with Crippen LogP contribution < -0.4 is 5.32 Å². The Kier molecular flexibility index (Phi) is 3.87. The maximum atomic E-state index is 9.95. The fourth-order valence-corrected chi connectivity index (χ4v) is 2.61. The first-order chi connectivity index (χ1) is 10.1. The van der Waals surface area contributed by atoms with Crippen LogP contribution in [0.2, 0.25) is 10.0 Å². The Morgan fingerprint density at radius 3 is 2.52 bits per heavy atom. The smallest absolute Gasteiger partial charge is 0.190 e. The molecule has 3 N–H and O–H groups in total. The van der Waals surface area contributed by atoms with Crippen LogP contribution >= 0.6 is 23.2 Å². The van der Waals surface area contributed by atoms with Crippen molar-refractivity contribution in [3.63, 3.8) is 0 Å². The van der Waals surface area contributed by atoms with E-state index >= 15 is 0 Å². The largest absolute Gasteiger partial charge is 0.369 e. The van der Waals surface area contributed by atoms with Gasteiger partial charge in [0.15, 0.2) is 12.5 Å². The highest BCUT2D eigenvalue weighted by molar-refractivity contribution is 6.36. The molecule has 2 aromatic rings. The molecule has 2 atom stereocenters. The van der Waals surface area contributed by atoms with Crippen molar-refractivity contribution in [1.29, 1.82) is 0 Å². The van der Waals surface area contributed by atoms with Gasteiger partial charge < -0.3 is 15.5 Å². The third-order valence-corrected chi connectivity index (χ3v) is 3.78. The van der Waals surface area contributed by atoms with Gasteiger partial charge in [0.25, 0.3) is 0 Å². The van der Waals surface area contributed by atoms with Crippen LogP contribution in [0.15, 0.2) is 47.5 Å². The minimum absolute atomic E-state index is 0.481. The Bertz CT molecular complexity index is 719. The Balaban J connectivity index is 2.24. The van der Waals surface area contributed by atoms with Crippen LogP contribution in [0.25, 0.3) is 0 Å². The molecule has 4 nitrogen and oxygen atoms in total. The Morgan fingerprint density at radius 2 is 1.76 bits per heavy atom. The summed E-state index contributed by atoms with van der Waals surface area (Å²) in [7, 11) is 0. The van der Waals surface area contributed by atoms with Gasteiger partial charge in [-0.05, 0) is 24.3 Å². The number of fused-ring (bicyclic) bond motifs is 1. The SMILES string of the molecule is OC1N=C(c2ccccc2Cl)c2cc(Cl)ccc2NC1O. The zero-order chi connectivity index (χ0) is 15.0. The maximum Gasteiger partial charge on any atom is 0.190 e. The summed E-state index contributed by atoms with van der Waals surface area (Å²) in [5.41, 5.74) is 2.45. The van der Waals surface area contributed by atoms with Crippen LogP contribution in [0, 0.1) is 0 Å². The van der Waals surface area contributed by atoms with Gasteiger partial charge in [0, 0.05) is 26.9 Å². The maximum absolute atomic E-state index is 9.95. The third-order valence-electron chi connectivity index (χ3n) is 3.21. The van der Waals surface area contributed by atoms with Crippen molar-refractivity contribution < 1.29 is 10.2 Å². The van der Waals surface area contributed by atoms with E-state index in [1.165, 1.54) is 0 Å². The summed E-state index contributed by atoms with van der Waals surface area (Å²) in [6.45, 7) is 0. The summed E-state index contributed by atoms with van der Waals surface area (Å²) in [6.07, 6.45) is -2.51. The fraction of sp³-hybridized carbons (Fsp3) is 0.133. The molecule has 1 aliphatic rings. The van der Waals surface area contributed by atoms with Gasteiger partial charge >= 0.3 is 0 Å². The zero-order valence-electron chi connectivity index (χ0n) is 10.8. The van der Waals surface area contributed by atoms with Crippen LogP contribution in [0.3, 0.4) is 0 Å². The van der Waals surface area contributed by atoms with Crippen molar-refractivity contribution in [2.45, 2.75) is 12.5 Å². The summed E-state index contributed by atoms with van der Waals surface area (Å²) in [5.74, 6) is 0. The number of nitrogens with one attached hydrogen (secondary N) is 1. The third kappa shape index (κ3) is 2.76. The monoisotopic (exact) mass is 322 g/mol. The average Bonchev–Trinajstić information content (AvgIpc) is 2.58. The van der Waals surface area contributed by atoms with Gasteiger partial charge in [0.05, 0.1) is 5.71 Å². The molecule has 0 aliphatic carbocycles. The molecule has 21 heavy (non-hydrogen) atoms. The van der Waals surface area contributed by atoms with E-state index in [4.69, 9.17) is 23.2 Å². The van der Waals surface area contributed by atoms with Crippen LogP contribution in [-0.2, 0) is 0 Å². The van der Waals surface area contributed by atoms with E-state index in [0.717, 1.165) is 0 Å². The first kappa shape index (κ1) is 14.4.